The number of benzene rings is 2. The predicted octanol–water partition coefficient (Wildman–Crippen LogP) is 5.36. The van der Waals surface area contributed by atoms with E-state index in [1.54, 1.807) is 11.3 Å². The van der Waals surface area contributed by atoms with E-state index in [2.05, 4.69) is 68.3 Å². The maximum absolute atomic E-state index is 9.34. The average molecular weight is 399 g/mol. The first-order valence-corrected chi connectivity index (χ1v) is 10.5. The Kier molecular flexibility index (Phi) is 6.08. The normalized spacial score (nSPS) is 12.5. The second-order valence-electron chi connectivity index (χ2n) is 8.42. The summed E-state index contributed by atoms with van der Waals surface area (Å²) in [7, 11) is 2.11. The van der Waals surface area contributed by atoms with Crippen molar-refractivity contribution in [1.29, 1.82) is 0 Å². The van der Waals surface area contributed by atoms with Gasteiger partial charge >= 0.3 is 0 Å². The fourth-order valence-electron chi connectivity index (χ4n) is 2.96. The Labute approximate surface area is 171 Å². The maximum Gasteiger partial charge on any atom is 0.124 e. The molecular formula is C23H30N2O2S. The highest BCUT2D eigenvalue weighted by atomic mass is 32.1. The zero-order chi connectivity index (χ0) is 20.4. The van der Waals surface area contributed by atoms with Gasteiger partial charge in [0.05, 0.1) is 22.4 Å². The number of hydrogen-bond acceptors (Lipinski definition) is 5. The monoisotopic (exact) mass is 398 g/mol. The highest BCUT2D eigenvalue weighted by molar-refractivity contribution is 7.21. The molecule has 0 amide bonds. The molecule has 28 heavy (non-hydrogen) atoms. The first-order chi connectivity index (χ1) is 13.2. The van der Waals surface area contributed by atoms with Crippen LogP contribution in [0.25, 0.3) is 20.8 Å². The van der Waals surface area contributed by atoms with E-state index in [0.29, 0.717) is 6.61 Å². The number of fused-ring (bicyclic) bond motifs is 1. The van der Waals surface area contributed by atoms with Crippen molar-refractivity contribution in [1.82, 2.24) is 4.98 Å². The molecule has 0 radical (unpaired) electrons. The summed E-state index contributed by atoms with van der Waals surface area (Å²) in [5, 5.41) is 10.4. The number of rotatable bonds is 8. The van der Waals surface area contributed by atoms with E-state index in [9.17, 15) is 5.11 Å². The van der Waals surface area contributed by atoms with Crippen LogP contribution in [0.5, 0.6) is 0 Å². The highest BCUT2D eigenvalue weighted by Crippen LogP contribution is 2.32. The van der Waals surface area contributed by atoms with Gasteiger partial charge in [0, 0.05) is 30.4 Å². The summed E-state index contributed by atoms with van der Waals surface area (Å²) in [5.74, 6) is 0. The largest absolute Gasteiger partial charge is 0.393 e. The number of aliphatic hydroxyl groups excluding tert-OH is 1. The smallest absolute Gasteiger partial charge is 0.124 e. The molecule has 0 saturated carbocycles. The standard InChI is InChI=1S/C23H30N2O2S/c1-22(2,14-15-27-23(3,4)16-26)25(5)18-12-10-17(11-13-18)21-24-19-8-6-7-9-20(19)28-21/h6-13,26H,14-16H2,1-5H3. The van der Waals surface area contributed by atoms with E-state index < -0.39 is 5.60 Å². The lowest BCUT2D eigenvalue weighted by molar-refractivity contribution is -0.0578. The summed E-state index contributed by atoms with van der Waals surface area (Å²) >= 11 is 1.72. The van der Waals surface area contributed by atoms with Gasteiger partial charge < -0.3 is 14.7 Å². The molecule has 0 spiro atoms. The van der Waals surface area contributed by atoms with Gasteiger partial charge in [0.1, 0.15) is 5.01 Å². The Hall–Kier alpha value is -1.95. The molecule has 1 N–H and O–H groups in total. The highest BCUT2D eigenvalue weighted by Gasteiger charge is 2.25. The fourth-order valence-corrected chi connectivity index (χ4v) is 3.93. The van der Waals surface area contributed by atoms with Crippen molar-refractivity contribution < 1.29 is 9.84 Å². The molecule has 0 aliphatic carbocycles. The molecule has 5 heteroatoms. The van der Waals surface area contributed by atoms with Crippen LogP contribution in [0.2, 0.25) is 0 Å². The summed E-state index contributed by atoms with van der Waals surface area (Å²) in [5.41, 5.74) is 2.80. The minimum absolute atomic E-state index is 0.0243. The molecule has 3 aromatic rings. The van der Waals surface area contributed by atoms with Crippen LogP contribution in [0.15, 0.2) is 48.5 Å². The number of aliphatic hydroxyl groups is 1. The van der Waals surface area contributed by atoms with Crippen LogP contribution < -0.4 is 4.90 Å². The van der Waals surface area contributed by atoms with Crippen LogP contribution in [0.3, 0.4) is 0 Å². The van der Waals surface area contributed by atoms with Crippen LogP contribution in [-0.2, 0) is 4.74 Å². The molecule has 1 aromatic heterocycles. The summed E-state index contributed by atoms with van der Waals surface area (Å²) in [6.07, 6.45) is 0.868. The number of anilines is 1. The fraction of sp³-hybridized carbons (Fsp3) is 0.435. The number of ether oxygens (including phenoxy) is 1. The van der Waals surface area contributed by atoms with Gasteiger partial charge in [0.2, 0.25) is 0 Å². The van der Waals surface area contributed by atoms with Crippen LogP contribution in [0, 0.1) is 0 Å². The topological polar surface area (TPSA) is 45.6 Å². The van der Waals surface area contributed by atoms with Gasteiger partial charge in [-0.1, -0.05) is 12.1 Å². The lowest BCUT2D eigenvalue weighted by Gasteiger charge is -2.38. The molecule has 0 bridgehead atoms. The molecule has 0 saturated heterocycles. The number of para-hydroxylation sites is 1. The Bertz CT molecular complexity index is 883. The summed E-state index contributed by atoms with van der Waals surface area (Å²) < 4.78 is 7.04. The summed E-state index contributed by atoms with van der Waals surface area (Å²) in [6, 6.07) is 16.8. The zero-order valence-electron chi connectivity index (χ0n) is 17.4. The quantitative estimate of drug-likeness (QED) is 0.555. The van der Waals surface area contributed by atoms with E-state index in [1.165, 1.54) is 4.70 Å². The second-order valence-corrected chi connectivity index (χ2v) is 9.45. The minimum atomic E-state index is -0.493. The van der Waals surface area contributed by atoms with Crippen molar-refractivity contribution >= 4 is 27.2 Å². The lowest BCUT2D eigenvalue weighted by atomic mass is 9.98. The number of nitrogens with zero attached hydrogens (tertiary/aromatic N) is 2. The van der Waals surface area contributed by atoms with Crippen molar-refractivity contribution in [3.05, 3.63) is 48.5 Å². The predicted molar refractivity (Wildman–Crippen MR) is 119 cm³/mol. The van der Waals surface area contributed by atoms with Crippen molar-refractivity contribution in [2.75, 3.05) is 25.2 Å². The Morgan fingerprint density at radius 2 is 1.71 bits per heavy atom. The summed E-state index contributed by atoms with van der Waals surface area (Å²) in [4.78, 5) is 7.03. The van der Waals surface area contributed by atoms with E-state index in [-0.39, 0.29) is 12.1 Å². The van der Waals surface area contributed by atoms with Gasteiger partial charge in [0.15, 0.2) is 0 Å². The molecule has 1 heterocycles. The molecule has 0 aliphatic heterocycles. The van der Waals surface area contributed by atoms with Crippen LogP contribution >= 0.6 is 11.3 Å². The van der Waals surface area contributed by atoms with Crippen LogP contribution in [0.4, 0.5) is 5.69 Å². The van der Waals surface area contributed by atoms with Gasteiger partial charge in [-0.2, -0.15) is 0 Å². The lowest BCUT2D eigenvalue weighted by Crippen LogP contribution is -2.43. The van der Waals surface area contributed by atoms with Crippen LogP contribution in [0.1, 0.15) is 34.1 Å². The van der Waals surface area contributed by atoms with Gasteiger partial charge in [-0.15, -0.1) is 11.3 Å². The molecule has 3 rings (SSSR count). The van der Waals surface area contributed by atoms with Gasteiger partial charge in [-0.05, 0) is 70.5 Å². The van der Waals surface area contributed by atoms with Gasteiger partial charge in [-0.3, -0.25) is 0 Å². The Balaban J connectivity index is 1.69. The summed E-state index contributed by atoms with van der Waals surface area (Å²) in [6.45, 7) is 8.87. The van der Waals surface area contributed by atoms with Gasteiger partial charge in [0.25, 0.3) is 0 Å². The number of hydrogen-bond donors (Lipinski definition) is 1. The molecule has 0 aliphatic rings. The number of thiazole rings is 1. The van der Waals surface area contributed by atoms with E-state index >= 15 is 0 Å². The van der Waals surface area contributed by atoms with Gasteiger partial charge in [-0.25, -0.2) is 4.98 Å². The van der Waals surface area contributed by atoms with Crippen molar-refractivity contribution in [3.8, 4) is 10.6 Å². The third-order valence-corrected chi connectivity index (χ3v) is 6.38. The Morgan fingerprint density at radius 3 is 2.36 bits per heavy atom. The van der Waals surface area contributed by atoms with Crippen molar-refractivity contribution in [2.45, 2.75) is 45.3 Å². The average Bonchev–Trinajstić information content (AvgIpc) is 3.11. The maximum atomic E-state index is 9.34. The minimum Gasteiger partial charge on any atom is -0.393 e. The van der Waals surface area contributed by atoms with Crippen molar-refractivity contribution in [2.24, 2.45) is 0 Å². The molecule has 4 nitrogen and oxygen atoms in total. The molecule has 0 fully saturated rings. The third kappa shape index (κ3) is 4.72. The molecule has 0 atom stereocenters. The first-order valence-electron chi connectivity index (χ1n) is 9.66. The first kappa shape index (κ1) is 20.8. The third-order valence-electron chi connectivity index (χ3n) is 5.29. The molecule has 0 unspecified atom stereocenters. The number of aromatic nitrogens is 1. The van der Waals surface area contributed by atoms with Crippen molar-refractivity contribution in [3.63, 3.8) is 0 Å². The Morgan fingerprint density at radius 1 is 1.04 bits per heavy atom. The zero-order valence-corrected chi connectivity index (χ0v) is 18.2. The molecule has 2 aromatic carbocycles. The molecule has 150 valence electrons. The SMILES string of the molecule is CN(c1ccc(-c2nc3ccccc3s2)cc1)C(C)(C)CCOC(C)(C)CO. The second kappa shape index (κ2) is 8.19. The van der Waals surface area contributed by atoms with E-state index in [1.807, 2.05) is 19.9 Å². The van der Waals surface area contributed by atoms with E-state index in [4.69, 9.17) is 9.72 Å². The van der Waals surface area contributed by atoms with E-state index in [0.717, 1.165) is 28.2 Å². The van der Waals surface area contributed by atoms with Crippen LogP contribution in [-0.4, -0.2) is 41.5 Å². The molecular weight excluding hydrogens is 368 g/mol.